The first-order valence-corrected chi connectivity index (χ1v) is 6.02. The van der Waals surface area contributed by atoms with Gasteiger partial charge in [-0.05, 0) is 46.5 Å². The zero-order valence-corrected chi connectivity index (χ0v) is 11.1. The van der Waals surface area contributed by atoms with E-state index < -0.39 is 0 Å². The summed E-state index contributed by atoms with van der Waals surface area (Å²) in [6.07, 6.45) is 0.873. The molecule has 0 heterocycles. The number of benzene rings is 1. The Bertz CT molecular complexity index is 377. The Balaban J connectivity index is 2.56. The zero-order chi connectivity index (χ0) is 12.1. The van der Waals surface area contributed by atoms with E-state index >= 15 is 0 Å². The average molecular weight is 286 g/mol. The summed E-state index contributed by atoms with van der Waals surface area (Å²) in [5.74, 6) is 0.211. The molecule has 0 saturated heterocycles. The molecule has 0 aliphatic rings. The van der Waals surface area contributed by atoms with E-state index in [0.717, 1.165) is 10.9 Å². The third-order valence-electron chi connectivity index (χ3n) is 2.16. The second-order valence-electron chi connectivity index (χ2n) is 4.05. The Kier molecular flexibility index (Phi) is 4.80. The van der Waals surface area contributed by atoms with Gasteiger partial charge in [-0.3, -0.25) is 0 Å². The molecule has 0 aromatic heterocycles. The van der Waals surface area contributed by atoms with Crippen molar-refractivity contribution in [3.8, 4) is 0 Å². The van der Waals surface area contributed by atoms with Crippen LogP contribution in [0.25, 0.3) is 0 Å². The molecule has 0 amide bonds. The van der Waals surface area contributed by atoms with Gasteiger partial charge in [0.15, 0.2) is 0 Å². The molecule has 88 valence electrons. The van der Waals surface area contributed by atoms with Gasteiger partial charge < -0.3 is 10.5 Å². The van der Waals surface area contributed by atoms with Crippen molar-refractivity contribution in [2.24, 2.45) is 5.92 Å². The average Bonchev–Trinajstić information content (AvgIpc) is 2.21. The molecule has 0 unspecified atom stereocenters. The van der Waals surface area contributed by atoms with Crippen LogP contribution in [0.3, 0.4) is 0 Å². The fourth-order valence-corrected chi connectivity index (χ4v) is 1.39. The van der Waals surface area contributed by atoms with Gasteiger partial charge in [0.1, 0.15) is 0 Å². The van der Waals surface area contributed by atoms with Gasteiger partial charge in [-0.25, -0.2) is 4.79 Å². The lowest BCUT2D eigenvalue weighted by Gasteiger charge is -2.07. The van der Waals surface area contributed by atoms with Crippen LogP contribution in [0, 0.1) is 5.92 Å². The first-order chi connectivity index (χ1) is 7.50. The van der Waals surface area contributed by atoms with Crippen LogP contribution in [0.5, 0.6) is 0 Å². The van der Waals surface area contributed by atoms with Crippen molar-refractivity contribution in [2.45, 2.75) is 20.3 Å². The Morgan fingerprint density at radius 1 is 1.50 bits per heavy atom. The lowest BCUT2D eigenvalue weighted by atomic mass is 10.1. The number of halogens is 1. The summed E-state index contributed by atoms with van der Waals surface area (Å²) < 4.78 is 5.91. The summed E-state index contributed by atoms with van der Waals surface area (Å²) in [7, 11) is 0. The number of rotatable bonds is 4. The fourth-order valence-electron chi connectivity index (χ4n) is 1.14. The molecule has 0 radical (unpaired) electrons. The van der Waals surface area contributed by atoms with Gasteiger partial charge in [-0.15, -0.1) is 0 Å². The predicted octanol–water partition coefficient (Wildman–Crippen LogP) is 3.23. The van der Waals surface area contributed by atoms with Crippen LogP contribution in [0.15, 0.2) is 22.7 Å². The SMILES string of the molecule is CC(C)CCOC(=O)c1ccc(Br)c(N)c1. The molecule has 0 spiro atoms. The molecule has 0 saturated carbocycles. The van der Waals surface area contributed by atoms with E-state index in [2.05, 4.69) is 29.8 Å². The minimum Gasteiger partial charge on any atom is -0.462 e. The number of hydrogen-bond acceptors (Lipinski definition) is 3. The van der Waals surface area contributed by atoms with Crippen LogP contribution >= 0.6 is 15.9 Å². The number of nitrogen functional groups attached to an aromatic ring is 1. The lowest BCUT2D eigenvalue weighted by Crippen LogP contribution is -2.08. The van der Waals surface area contributed by atoms with Crippen LogP contribution in [-0.4, -0.2) is 12.6 Å². The summed E-state index contributed by atoms with van der Waals surface area (Å²) >= 11 is 3.27. The molecule has 2 N–H and O–H groups in total. The lowest BCUT2D eigenvalue weighted by molar-refractivity contribution is 0.0488. The standard InChI is InChI=1S/C12H16BrNO2/c1-8(2)5-6-16-12(15)9-3-4-10(13)11(14)7-9/h3-4,7-8H,5-6,14H2,1-2H3. The van der Waals surface area contributed by atoms with Crippen molar-refractivity contribution < 1.29 is 9.53 Å². The number of anilines is 1. The number of carbonyl (C=O) groups is 1. The van der Waals surface area contributed by atoms with E-state index in [0.29, 0.717) is 23.8 Å². The second-order valence-corrected chi connectivity index (χ2v) is 4.91. The molecule has 4 heteroatoms. The van der Waals surface area contributed by atoms with Gasteiger partial charge in [0, 0.05) is 10.2 Å². The highest BCUT2D eigenvalue weighted by molar-refractivity contribution is 9.10. The van der Waals surface area contributed by atoms with Gasteiger partial charge in [0.2, 0.25) is 0 Å². The van der Waals surface area contributed by atoms with Crippen LogP contribution in [0.1, 0.15) is 30.6 Å². The highest BCUT2D eigenvalue weighted by Gasteiger charge is 2.08. The van der Waals surface area contributed by atoms with Crippen molar-refractivity contribution >= 4 is 27.6 Å². The van der Waals surface area contributed by atoms with Crippen LogP contribution in [0.2, 0.25) is 0 Å². The van der Waals surface area contributed by atoms with E-state index in [9.17, 15) is 4.79 Å². The molecule has 1 rings (SSSR count). The van der Waals surface area contributed by atoms with Gasteiger partial charge in [0.05, 0.1) is 12.2 Å². The second kappa shape index (κ2) is 5.89. The van der Waals surface area contributed by atoms with Gasteiger partial charge in [-0.1, -0.05) is 13.8 Å². The van der Waals surface area contributed by atoms with Gasteiger partial charge in [0.25, 0.3) is 0 Å². The molecule has 1 aromatic carbocycles. The summed E-state index contributed by atoms with van der Waals surface area (Å²) in [5, 5.41) is 0. The van der Waals surface area contributed by atoms with Gasteiger partial charge >= 0.3 is 5.97 Å². The van der Waals surface area contributed by atoms with Crippen LogP contribution in [0.4, 0.5) is 5.69 Å². The smallest absolute Gasteiger partial charge is 0.338 e. The van der Waals surface area contributed by atoms with Crippen molar-refractivity contribution in [3.05, 3.63) is 28.2 Å². The highest BCUT2D eigenvalue weighted by atomic mass is 79.9. The third-order valence-corrected chi connectivity index (χ3v) is 2.88. The molecular weight excluding hydrogens is 270 g/mol. The highest BCUT2D eigenvalue weighted by Crippen LogP contribution is 2.20. The van der Waals surface area contributed by atoms with E-state index in [-0.39, 0.29) is 5.97 Å². The van der Waals surface area contributed by atoms with Crippen molar-refractivity contribution in [2.75, 3.05) is 12.3 Å². The molecule has 0 aliphatic carbocycles. The summed E-state index contributed by atoms with van der Waals surface area (Å²) in [5.41, 5.74) is 6.71. The molecule has 16 heavy (non-hydrogen) atoms. The Morgan fingerprint density at radius 3 is 2.75 bits per heavy atom. The van der Waals surface area contributed by atoms with Crippen molar-refractivity contribution in [1.29, 1.82) is 0 Å². The van der Waals surface area contributed by atoms with Crippen molar-refractivity contribution in [3.63, 3.8) is 0 Å². The van der Waals surface area contributed by atoms with Crippen LogP contribution in [-0.2, 0) is 4.74 Å². The van der Waals surface area contributed by atoms with E-state index in [1.807, 2.05) is 0 Å². The maximum Gasteiger partial charge on any atom is 0.338 e. The maximum absolute atomic E-state index is 11.6. The Labute approximate surface area is 104 Å². The molecule has 0 aliphatic heterocycles. The summed E-state index contributed by atoms with van der Waals surface area (Å²) in [6, 6.07) is 5.05. The molecular formula is C12H16BrNO2. The number of nitrogens with two attached hydrogens (primary N) is 1. The molecule has 0 atom stereocenters. The minimum atomic E-state index is -0.320. The molecule has 3 nitrogen and oxygen atoms in total. The molecule has 0 fully saturated rings. The van der Waals surface area contributed by atoms with Crippen LogP contribution < -0.4 is 5.73 Å². The number of hydrogen-bond donors (Lipinski definition) is 1. The Morgan fingerprint density at radius 2 is 2.19 bits per heavy atom. The Hall–Kier alpha value is -1.03. The quantitative estimate of drug-likeness (QED) is 0.683. The first-order valence-electron chi connectivity index (χ1n) is 5.23. The normalized spacial score (nSPS) is 10.5. The summed E-state index contributed by atoms with van der Waals surface area (Å²) in [6.45, 7) is 4.63. The van der Waals surface area contributed by atoms with Crippen molar-refractivity contribution in [1.82, 2.24) is 0 Å². The first kappa shape index (κ1) is 13.0. The van der Waals surface area contributed by atoms with Gasteiger partial charge in [-0.2, -0.15) is 0 Å². The van der Waals surface area contributed by atoms with E-state index in [4.69, 9.17) is 10.5 Å². The van der Waals surface area contributed by atoms with E-state index in [1.54, 1.807) is 18.2 Å². The molecule has 0 bridgehead atoms. The maximum atomic E-state index is 11.6. The number of ether oxygens (including phenoxy) is 1. The number of carbonyl (C=O) groups excluding carboxylic acids is 1. The third kappa shape index (κ3) is 3.85. The molecule has 1 aromatic rings. The summed E-state index contributed by atoms with van der Waals surface area (Å²) in [4.78, 5) is 11.6. The fraction of sp³-hybridized carbons (Fsp3) is 0.417. The predicted molar refractivity (Wildman–Crippen MR) is 68.3 cm³/mol. The largest absolute Gasteiger partial charge is 0.462 e. The number of esters is 1. The zero-order valence-electron chi connectivity index (χ0n) is 9.50. The topological polar surface area (TPSA) is 52.3 Å². The monoisotopic (exact) mass is 285 g/mol. The van der Waals surface area contributed by atoms with E-state index in [1.165, 1.54) is 0 Å². The minimum absolute atomic E-state index is 0.320.